The molecule has 4 aromatic carbocycles. The normalized spacial score (nSPS) is 11.7. The molecule has 0 aliphatic carbocycles. The molecular formula is C25H22OS. The van der Waals surface area contributed by atoms with Gasteiger partial charge < -0.3 is 4.74 Å². The van der Waals surface area contributed by atoms with E-state index in [1.165, 1.54) is 14.7 Å². The van der Waals surface area contributed by atoms with Crippen LogP contribution in [0.25, 0.3) is 0 Å². The van der Waals surface area contributed by atoms with E-state index >= 15 is 0 Å². The number of hydrogen-bond donors (Lipinski definition) is 0. The molecule has 0 N–H and O–H groups in total. The highest BCUT2D eigenvalue weighted by atomic mass is 32.3. The zero-order valence-electron chi connectivity index (χ0n) is 15.3. The number of para-hydroxylation sites is 1. The smallest absolute Gasteiger partial charge is 0.127 e. The van der Waals surface area contributed by atoms with Gasteiger partial charge in [-0.3, -0.25) is 0 Å². The number of rotatable bonds is 5. The minimum atomic E-state index is -1.32. The van der Waals surface area contributed by atoms with Gasteiger partial charge in [0.05, 0.1) is 0 Å². The predicted molar refractivity (Wildman–Crippen MR) is 114 cm³/mol. The van der Waals surface area contributed by atoms with Crippen LogP contribution in [0.4, 0.5) is 0 Å². The SMILES string of the molecule is CS(c1ccccc1)(c1ccccc1)c1ccc(Oc2ccccc2)cc1. The lowest BCUT2D eigenvalue weighted by Crippen LogP contribution is -2.01. The van der Waals surface area contributed by atoms with Gasteiger partial charge in [-0.1, -0.05) is 54.6 Å². The summed E-state index contributed by atoms with van der Waals surface area (Å²) in [5, 5.41) is 0. The summed E-state index contributed by atoms with van der Waals surface area (Å²) in [5.74, 6) is 1.71. The Morgan fingerprint density at radius 2 is 0.815 bits per heavy atom. The highest BCUT2D eigenvalue weighted by molar-refractivity contribution is 8.33. The highest BCUT2D eigenvalue weighted by Gasteiger charge is 2.25. The van der Waals surface area contributed by atoms with Crippen molar-refractivity contribution in [3.05, 3.63) is 115 Å². The fraction of sp³-hybridized carbons (Fsp3) is 0.0400. The van der Waals surface area contributed by atoms with Gasteiger partial charge in [0, 0.05) is 0 Å². The van der Waals surface area contributed by atoms with E-state index in [0.717, 1.165) is 11.5 Å². The van der Waals surface area contributed by atoms with Crippen LogP contribution in [0, 0.1) is 0 Å². The Labute approximate surface area is 162 Å². The van der Waals surface area contributed by atoms with Gasteiger partial charge in [0.15, 0.2) is 0 Å². The molecule has 0 fully saturated rings. The van der Waals surface area contributed by atoms with Crippen molar-refractivity contribution in [1.82, 2.24) is 0 Å². The van der Waals surface area contributed by atoms with Crippen molar-refractivity contribution in [3.63, 3.8) is 0 Å². The third kappa shape index (κ3) is 3.62. The Balaban J connectivity index is 1.73. The van der Waals surface area contributed by atoms with E-state index in [1.807, 2.05) is 30.3 Å². The molecule has 0 radical (unpaired) electrons. The maximum Gasteiger partial charge on any atom is 0.127 e. The molecule has 0 saturated carbocycles. The summed E-state index contributed by atoms with van der Waals surface area (Å²) in [5.41, 5.74) is 0. The molecule has 1 nitrogen and oxygen atoms in total. The Morgan fingerprint density at radius 1 is 0.444 bits per heavy atom. The number of hydrogen-bond acceptors (Lipinski definition) is 1. The van der Waals surface area contributed by atoms with Crippen molar-refractivity contribution < 1.29 is 4.74 Å². The van der Waals surface area contributed by atoms with Crippen LogP contribution in [0.5, 0.6) is 11.5 Å². The maximum atomic E-state index is 5.97. The molecule has 0 aliphatic heterocycles. The molecule has 0 heterocycles. The largest absolute Gasteiger partial charge is 0.457 e. The Bertz CT molecular complexity index is 941. The van der Waals surface area contributed by atoms with Crippen LogP contribution in [0.2, 0.25) is 0 Å². The van der Waals surface area contributed by atoms with Crippen molar-refractivity contribution in [2.24, 2.45) is 0 Å². The standard InChI is InChI=1S/C25H22OS/c1-27(23-13-7-3-8-14-23,24-15-9-4-10-16-24)25-19-17-22(18-20-25)26-21-11-5-2-6-12-21/h2-20H,1H3. The molecule has 0 aromatic heterocycles. The van der Waals surface area contributed by atoms with E-state index in [4.69, 9.17) is 4.74 Å². The highest BCUT2D eigenvalue weighted by Crippen LogP contribution is 2.65. The summed E-state index contributed by atoms with van der Waals surface area (Å²) < 4.78 is 5.97. The molecule has 4 rings (SSSR count). The first-order valence-corrected chi connectivity index (χ1v) is 11.0. The molecule has 134 valence electrons. The summed E-state index contributed by atoms with van der Waals surface area (Å²) in [4.78, 5) is 4.03. The van der Waals surface area contributed by atoms with Gasteiger partial charge in [-0.05, 0) is 81.6 Å². The molecular weight excluding hydrogens is 348 g/mol. The molecule has 4 aromatic rings. The van der Waals surface area contributed by atoms with Gasteiger partial charge >= 0.3 is 0 Å². The number of ether oxygens (including phenoxy) is 1. The van der Waals surface area contributed by atoms with Crippen LogP contribution in [0.1, 0.15) is 0 Å². The topological polar surface area (TPSA) is 9.23 Å². The lowest BCUT2D eigenvalue weighted by Gasteiger charge is -2.37. The van der Waals surface area contributed by atoms with E-state index in [2.05, 4.69) is 91.2 Å². The van der Waals surface area contributed by atoms with Crippen molar-refractivity contribution in [2.75, 3.05) is 6.26 Å². The lowest BCUT2D eigenvalue weighted by atomic mass is 10.3. The predicted octanol–water partition coefficient (Wildman–Crippen LogP) is 7.39. The van der Waals surface area contributed by atoms with Crippen molar-refractivity contribution in [1.29, 1.82) is 0 Å². The van der Waals surface area contributed by atoms with Crippen molar-refractivity contribution in [2.45, 2.75) is 14.7 Å². The van der Waals surface area contributed by atoms with E-state index < -0.39 is 10.0 Å². The van der Waals surface area contributed by atoms with Crippen LogP contribution in [0.15, 0.2) is 130 Å². The van der Waals surface area contributed by atoms with Crippen LogP contribution in [0.3, 0.4) is 0 Å². The van der Waals surface area contributed by atoms with Crippen molar-refractivity contribution >= 4 is 10.0 Å². The Morgan fingerprint density at radius 3 is 1.30 bits per heavy atom. The van der Waals surface area contributed by atoms with Gasteiger partial charge in [0.1, 0.15) is 11.5 Å². The zero-order chi connectivity index (χ0) is 18.5. The van der Waals surface area contributed by atoms with Gasteiger partial charge in [-0.25, -0.2) is 0 Å². The van der Waals surface area contributed by atoms with Gasteiger partial charge in [-0.2, -0.15) is 10.0 Å². The Kier molecular flexibility index (Phi) is 4.99. The molecule has 0 atom stereocenters. The first kappa shape index (κ1) is 17.4. The molecule has 27 heavy (non-hydrogen) atoms. The minimum Gasteiger partial charge on any atom is -0.457 e. The molecule has 0 aliphatic rings. The third-order valence-electron chi connectivity index (χ3n) is 4.70. The first-order chi connectivity index (χ1) is 13.3. The van der Waals surface area contributed by atoms with Crippen LogP contribution < -0.4 is 4.74 Å². The fourth-order valence-corrected chi connectivity index (χ4v) is 6.10. The zero-order valence-corrected chi connectivity index (χ0v) is 16.1. The minimum absolute atomic E-state index is 0.853. The second kappa shape index (κ2) is 7.73. The summed E-state index contributed by atoms with van der Waals surface area (Å²) >= 11 is 0. The monoisotopic (exact) mass is 370 g/mol. The molecule has 0 amide bonds. The fourth-order valence-electron chi connectivity index (χ4n) is 3.20. The van der Waals surface area contributed by atoms with Gasteiger partial charge in [0.25, 0.3) is 0 Å². The Hall–Kier alpha value is -2.97. The van der Waals surface area contributed by atoms with Gasteiger partial charge in [0.2, 0.25) is 0 Å². The molecule has 2 heteroatoms. The van der Waals surface area contributed by atoms with Crippen molar-refractivity contribution in [3.8, 4) is 11.5 Å². The first-order valence-electron chi connectivity index (χ1n) is 8.98. The van der Waals surface area contributed by atoms with Crippen LogP contribution >= 0.6 is 10.0 Å². The summed E-state index contributed by atoms with van der Waals surface area (Å²) in [6.45, 7) is 0. The van der Waals surface area contributed by atoms with E-state index in [-0.39, 0.29) is 0 Å². The average molecular weight is 371 g/mol. The van der Waals surface area contributed by atoms with Gasteiger partial charge in [-0.15, -0.1) is 0 Å². The molecule has 0 spiro atoms. The summed E-state index contributed by atoms with van der Waals surface area (Å²) in [7, 11) is -1.32. The number of benzene rings is 4. The van der Waals surface area contributed by atoms with E-state index in [0.29, 0.717) is 0 Å². The molecule has 0 unspecified atom stereocenters. The summed E-state index contributed by atoms with van der Waals surface area (Å²) in [6, 6.07) is 40.0. The quantitative estimate of drug-likeness (QED) is 0.356. The lowest BCUT2D eigenvalue weighted by molar-refractivity contribution is 0.482. The second-order valence-corrected chi connectivity index (χ2v) is 9.68. The molecule has 0 saturated heterocycles. The van der Waals surface area contributed by atoms with Crippen LogP contribution in [-0.4, -0.2) is 6.26 Å². The van der Waals surface area contributed by atoms with E-state index in [1.54, 1.807) is 0 Å². The maximum absolute atomic E-state index is 5.97. The van der Waals surface area contributed by atoms with Crippen LogP contribution in [-0.2, 0) is 0 Å². The second-order valence-electron chi connectivity index (χ2n) is 6.43. The third-order valence-corrected chi connectivity index (χ3v) is 8.35. The molecule has 0 bridgehead atoms. The summed E-state index contributed by atoms with van der Waals surface area (Å²) in [6.07, 6.45) is 2.37. The van der Waals surface area contributed by atoms with E-state index in [9.17, 15) is 0 Å². The average Bonchev–Trinajstić information content (AvgIpc) is 2.76.